The van der Waals surface area contributed by atoms with Crippen molar-refractivity contribution in [2.75, 3.05) is 50.9 Å². The van der Waals surface area contributed by atoms with Crippen molar-refractivity contribution >= 4 is 17.3 Å². The van der Waals surface area contributed by atoms with E-state index < -0.39 is 0 Å². The van der Waals surface area contributed by atoms with Crippen LogP contribution in [-0.4, -0.2) is 59.7 Å². The Balaban J connectivity index is 1.77. The molecule has 3 N–H and O–H groups in total. The summed E-state index contributed by atoms with van der Waals surface area (Å²) in [5.41, 5.74) is 9.26. The number of hydrogen-bond acceptors (Lipinski definition) is 7. The Bertz CT molecular complexity index is 742. The molecule has 0 spiro atoms. The summed E-state index contributed by atoms with van der Waals surface area (Å²) in [6.45, 7) is 8.62. The van der Waals surface area contributed by atoms with Crippen molar-refractivity contribution < 1.29 is 4.74 Å². The number of nitrogens with two attached hydrogens (primary N) is 1. The lowest BCUT2D eigenvalue weighted by Crippen LogP contribution is -2.37. The van der Waals surface area contributed by atoms with Crippen LogP contribution >= 0.6 is 0 Å². The molecule has 1 fully saturated rings. The molecule has 0 aromatic carbocycles. The van der Waals surface area contributed by atoms with Crippen LogP contribution in [0.1, 0.15) is 17.0 Å². The van der Waals surface area contributed by atoms with E-state index in [4.69, 9.17) is 10.5 Å². The van der Waals surface area contributed by atoms with Crippen molar-refractivity contribution in [2.45, 2.75) is 6.42 Å². The molecule has 0 amide bonds. The van der Waals surface area contributed by atoms with Crippen LogP contribution in [0.2, 0.25) is 0 Å². The SMILES string of the molecule is C=C(c1cc(CCN2CCOCC2)nc(N)n1)c1cccnc1NC. The van der Waals surface area contributed by atoms with E-state index in [2.05, 4.69) is 31.7 Å². The molecular formula is C18H24N6O. The van der Waals surface area contributed by atoms with E-state index in [0.29, 0.717) is 0 Å². The molecular weight excluding hydrogens is 316 g/mol. The highest BCUT2D eigenvalue weighted by atomic mass is 16.5. The molecule has 7 nitrogen and oxygen atoms in total. The van der Waals surface area contributed by atoms with Gasteiger partial charge >= 0.3 is 0 Å². The van der Waals surface area contributed by atoms with Gasteiger partial charge in [0.2, 0.25) is 5.95 Å². The molecule has 3 heterocycles. The summed E-state index contributed by atoms with van der Waals surface area (Å²) in [5, 5.41) is 3.08. The van der Waals surface area contributed by atoms with Crippen LogP contribution in [0.3, 0.4) is 0 Å². The highest BCUT2D eigenvalue weighted by molar-refractivity contribution is 5.82. The van der Waals surface area contributed by atoms with Gasteiger partial charge in [0.05, 0.1) is 18.9 Å². The first kappa shape index (κ1) is 17.3. The van der Waals surface area contributed by atoms with Crippen molar-refractivity contribution in [3.63, 3.8) is 0 Å². The number of rotatable bonds is 6. The standard InChI is InChI=1S/C18H24N6O/c1-13(15-4-3-6-21-17(15)20-2)16-12-14(22-18(19)23-16)5-7-24-8-10-25-11-9-24/h3-4,6,12H,1,5,7-11H2,2H3,(H,20,21)(H2,19,22,23). The van der Waals surface area contributed by atoms with Crippen molar-refractivity contribution in [3.05, 3.63) is 47.9 Å². The van der Waals surface area contributed by atoms with Gasteiger partial charge in [0.25, 0.3) is 0 Å². The maximum absolute atomic E-state index is 5.93. The average Bonchev–Trinajstić information content (AvgIpc) is 2.66. The largest absolute Gasteiger partial charge is 0.379 e. The average molecular weight is 340 g/mol. The Labute approximate surface area is 147 Å². The van der Waals surface area contributed by atoms with Crippen molar-refractivity contribution in [2.24, 2.45) is 0 Å². The van der Waals surface area contributed by atoms with Crippen LogP contribution in [0.15, 0.2) is 31.0 Å². The third-order valence-corrected chi connectivity index (χ3v) is 4.26. The number of anilines is 2. The quantitative estimate of drug-likeness (QED) is 0.822. The minimum Gasteiger partial charge on any atom is -0.379 e. The second-order valence-corrected chi connectivity index (χ2v) is 5.93. The Morgan fingerprint density at radius 2 is 2.16 bits per heavy atom. The van der Waals surface area contributed by atoms with Gasteiger partial charge in [0.1, 0.15) is 5.82 Å². The number of pyridine rings is 1. The first-order chi connectivity index (χ1) is 12.2. The number of morpholine rings is 1. The van der Waals surface area contributed by atoms with E-state index in [1.165, 1.54) is 0 Å². The molecule has 2 aromatic rings. The second-order valence-electron chi connectivity index (χ2n) is 5.93. The highest BCUT2D eigenvalue weighted by Gasteiger charge is 2.14. The summed E-state index contributed by atoms with van der Waals surface area (Å²) in [7, 11) is 1.83. The van der Waals surface area contributed by atoms with Gasteiger partial charge in [0.15, 0.2) is 0 Å². The lowest BCUT2D eigenvalue weighted by Gasteiger charge is -2.26. The smallest absolute Gasteiger partial charge is 0.220 e. The van der Waals surface area contributed by atoms with E-state index in [1.807, 2.05) is 25.2 Å². The van der Waals surface area contributed by atoms with Gasteiger partial charge in [-0.25, -0.2) is 15.0 Å². The summed E-state index contributed by atoms with van der Waals surface area (Å²) >= 11 is 0. The minimum absolute atomic E-state index is 0.269. The van der Waals surface area contributed by atoms with Crippen molar-refractivity contribution in [1.29, 1.82) is 0 Å². The van der Waals surface area contributed by atoms with Gasteiger partial charge in [-0.15, -0.1) is 0 Å². The lowest BCUT2D eigenvalue weighted by atomic mass is 10.0. The molecule has 25 heavy (non-hydrogen) atoms. The monoisotopic (exact) mass is 340 g/mol. The number of ether oxygens (including phenoxy) is 1. The normalized spacial score (nSPS) is 15.1. The summed E-state index contributed by atoms with van der Waals surface area (Å²) in [6.07, 6.45) is 2.56. The molecule has 2 aromatic heterocycles. The maximum Gasteiger partial charge on any atom is 0.220 e. The number of nitrogens with one attached hydrogen (secondary N) is 1. The molecule has 132 valence electrons. The minimum atomic E-state index is 0.269. The Morgan fingerprint density at radius 1 is 1.36 bits per heavy atom. The topological polar surface area (TPSA) is 89.2 Å². The zero-order valence-corrected chi connectivity index (χ0v) is 14.5. The third kappa shape index (κ3) is 4.32. The zero-order valence-electron chi connectivity index (χ0n) is 14.5. The zero-order chi connectivity index (χ0) is 17.6. The van der Waals surface area contributed by atoms with Gasteiger partial charge in [-0.2, -0.15) is 0 Å². The Hall–Kier alpha value is -2.51. The van der Waals surface area contributed by atoms with E-state index in [0.717, 1.165) is 67.6 Å². The summed E-state index contributed by atoms with van der Waals surface area (Å²) in [4.78, 5) is 15.4. The fraction of sp³-hybridized carbons (Fsp3) is 0.389. The Kier molecular flexibility index (Phi) is 5.57. The van der Waals surface area contributed by atoms with Gasteiger partial charge in [-0.1, -0.05) is 6.58 Å². The molecule has 7 heteroatoms. The third-order valence-electron chi connectivity index (χ3n) is 4.26. The second kappa shape index (κ2) is 8.04. The van der Waals surface area contributed by atoms with Gasteiger partial charge in [-0.05, 0) is 18.2 Å². The first-order valence-electron chi connectivity index (χ1n) is 8.43. The number of nitrogens with zero attached hydrogens (tertiary/aromatic N) is 4. The van der Waals surface area contributed by atoms with Crippen LogP contribution in [0, 0.1) is 0 Å². The van der Waals surface area contributed by atoms with Gasteiger partial charge in [-0.3, -0.25) is 4.90 Å². The Morgan fingerprint density at radius 3 is 2.92 bits per heavy atom. The molecule has 0 unspecified atom stereocenters. The number of nitrogen functional groups attached to an aromatic ring is 1. The summed E-state index contributed by atoms with van der Waals surface area (Å²) in [6, 6.07) is 5.81. The molecule has 0 atom stereocenters. The molecule has 1 aliphatic heterocycles. The molecule has 1 saturated heterocycles. The van der Waals surface area contributed by atoms with Crippen LogP contribution < -0.4 is 11.1 Å². The highest BCUT2D eigenvalue weighted by Crippen LogP contribution is 2.25. The number of aromatic nitrogens is 3. The van der Waals surface area contributed by atoms with E-state index in [1.54, 1.807) is 6.20 Å². The molecule has 3 rings (SSSR count). The first-order valence-corrected chi connectivity index (χ1v) is 8.43. The van der Waals surface area contributed by atoms with E-state index in [-0.39, 0.29) is 5.95 Å². The predicted molar refractivity (Wildman–Crippen MR) is 99.3 cm³/mol. The van der Waals surface area contributed by atoms with Crippen LogP contribution in [0.25, 0.3) is 5.57 Å². The lowest BCUT2D eigenvalue weighted by molar-refractivity contribution is 0.0383. The fourth-order valence-electron chi connectivity index (χ4n) is 2.88. The van der Waals surface area contributed by atoms with Crippen LogP contribution in [0.4, 0.5) is 11.8 Å². The van der Waals surface area contributed by atoms with Gasteiger partial charge < -0.3 is 15.8 Å². The van der Waals surface area contributed by atoms with Crippen molar-refractivity contribution in [1.82, 2.24) is 19.9 Å². The fourth-order valence-corrected chi connectivity index (χ4v) is 2.88. The summed E-state index contributed by atoms with van der Waals surface area (Å²) < 4.78 is 5.38. The molecule has 1 aliphatic rings. The molecule has 0 aliphatic carbocycles. The maximum atomic E-state index is 5.93. The summed E-state index contributed by atoms with van der Waals surface area (Å²) in [5.74, 6) is 1.03. The molecule has 0 saturated carbocycles. The van der Waals surface area contributed by atoms with E-state index >= 15 is 0 Å². The van der Waals surface area contributed by atoms with Crippen LogP contribution in [0.5, 0.6) is 0 Å². The molecule has 0 radical (unpaired) electrons. The number of hydrogen-bond donors (Lipinski definition) is 2. The van der Waals surface area contributed by atoms with E-state index in [9.17, 15) is 0 Å². The van der Waals surface area contributed by atoms with Crippen LogP contribution in [-0.2, 0) is 11.2 Å². The van der Waals surface area contributed by atoms with Crippen molar-refractivity contribution in [3.8, 4) is 0 Å². The predicted octanol–water partition coefficient (Wildman–Crippen LogP) is 1.43. The van der Waals surface area contributed by atoms with Gasteiger partial charge in [0, 0.05) is 56.1 Å². The molecule has 0 bridgehead atoms.